The summed E-state index contributed by atoms with van der Waals surface area (Å²) in [7, 11) is -3.54. The van der Waals surface area contributed by atoms with E-state index in [1.54, 1.807) is 30.3 Å². The Morgan fingerprint density at radius 3 is 2.76 bits per heavy atom. The number of thiophene rings is 1. The van der Waals surface area contributed by atoms with Gasteiger partial charge >= 0.3 is 5.97 Å². The number of nitrogens with one attached hydrogen (secondary N) is 1. The van der Waals surface area contributed by atoms with Crippen LogP contribution in [-0.2, 0) is 23.0 Å². The number of H-pyrrole nitrogens is 1. The number of carboxylic acids is 1. The second-order valence-electron chi connectivity index (χ2n) is 6.10. The van der Waals surface area contributed by atoms with Gasteiger partial charge in [-0.3, -0.25) is 0 Å². The molecule has 2 aromatic heterocycles. The van der Waals surface area contributed by atoms with E-state index in [-0.39, 0.29) is 12.1 Å². The number of nitrogens with zero attached hydrogens (tertiary/aromatic N) is 1. The Labute approximate surface area is 148 Å². The van der Waals surface area contributed by atoms with E-state index >= 15 is 0 Å². The molecule has 3 heterocycles. The zero-order valence-corrected chi connectivity index (χ0v) is 15.1. The number of sulfonamides is 1. The number of carboxylic acid groups (broad SMARTS) is 1. The average Bonchev–Trinajstić information content (AvgIpc) is 3.17. The molecule has 8 heteroatoms. The summed E-state index contributed by atoms with van der Waals surface area (Å²) in [6.07, 6.45) is 0.579. The molecule has 0 saturated carbocycles. The molecule has 4 rings (SSSR count). The first-order chi connectivity index (χ1) is 11.9. The van der Waals surface area contributed by atoms with E-state index in [0.29, 0.717) is 17.2 Å². The molecule has 0 unspecified atom stereocenters. The molecular formula is C17H16N2O4S2. The Morgan fingerprint density at radius 1 is 1.28 bits per heavy atom. The fraction of sp³-hybridized carbons (Fsp3) is 0.235. The summed E-state index contributed by atoms with van der Waals surface area (Å²) < 4.78 is 27.6. The molecule has 0 bridgehead atoms. The lowest BCUT2D eigenvalue weighted by Gasteiger charge is -2.25. The number of rotatable bonds is 3. The molecule has 0 fully saturated rings. The van der Waals surface area contributed by atoms with Crippen molar-refractivity contribution >= 4 is 38.2 Å². The summed E-state index contributed by atoms with van der Waals surface area (Å²) in [5.41, 5.74) is 2.87. The molecule has 0 saturated heterocycles. The van der Waals surface area contributed by atoms with E-state index < -0.39 is 16.0 Å². The quantitative estimate of drug-likeness (QED) is 0.735. The van der Waals surface area contributed by atoms with Crippen LogP contribution in [0.5, 0.6) is 0 Å². The molecule has 0 atom stereocenters. The molecule has 6 nitrogen and oxygen atoms in total. The van der Waals surface area contributed by atoms with Crippen molar-refractivity contribution in [1.82, 2.24) is 9.29 Å². The summed E-state index contributed by atoms with van der Waals surface area (Å²) in [5, 5.41) is 9.98. The maximum absolute atomic E-state index is 12.9. The number of fused-ring (bicyclic) bond motifs is 3. The van der Waals surface area contributed by atoms with Crippen LogP contribution in [0.2, 0.25) is 0 Å². The van der Waals surface area contributed by atoms with E-state index in [1.165, 1.54) is 15.6 Å². The van der Waals surface area contributed by atoms with E-state index in [2.05, 4.69) is 4.98 Å². The van der Waals surface area contributed by atoms with Crippen LogP contribution in [0.4, 0.5) is 0 Å². The molecule has 0 spiro atoms. The first-order valence-corrected chi connectivity index (χ1v) is 10.1. The van der Waals surface area contributed by atoms with Crippen molar-refractivity contribution in [3.05, 3.63) is 52.0 Å². The van der Waals surface area contributed by atoms with Crippen molar-refractivity contribution in [2.24, 2.45) is 0 Å². The standard InChI is InChI=1S/C17H16N2O4S2/c1-10-2-5-16(24-10)25(22,23)19-7-6-15-13(9-19)12-8-11(17(20)21)3-4-14(12)18-15/h2-5,8,18H,6-7,9H2,1H3,(H,20,21). The topological polar surface area (TPSA) is 90.5 Å². The minimum Gasteiger partial charge on any atom is -0.478 e. The Bertz CT molecular complexity index is 1100. The van der Waals surface area contributed by atoms with Gasteiger partial charge in [-0.05, 0) is 42.8 Å². The summed E-state index contributed by atoms with van der Waals surface area (Å²) >= 11 is 1.27. The molecule has 0 amide bonds. The molecule has 0 radical (unpaired) electrons. The van der Waals surface area contributed by atoms with Crippen molar-refractivity contribution < 1.29 is 18.3 Å². The molecule has 1 aromatic carbocycles. The lowest BCUT2D eigenvalue weighted by molar-refractivity contribution is 0.0697. The second-order valence-corrected chi connectivity index (χ2v) is 9.55. The van der Waals surface area contributed by atoms with Gasteiger partial charge in [0.15, 0.2) is 0 Å². The van der Waals surface area contributed by atoms with Crippen LogP contribution in [0.15, 0.2) is 34.5 Å². The number of hydrogen-bond acceptors (Lipinski definition) is 4. The van der Waals surface area contributed by atoms with Gasteiger partial charge in [-0.25, -0.2) is 13.2 Å². The van der Waals surface area contributed by atoms with Gasteiger partial charge in [0.25, 0.3) is 10.0 Å². The summed E-state index contributed by atoms with van der Waals surface area (Å²) in [6, 6.07) is 8.34. The monoisotopic (exact) mass is 376 g/mol. The van der Waals surface area contributed by atoms with Crippen LogP contribution in [0.1, 0.15) is 26.5 Å². The van der Waals surface area contributed by atoms with Crippen LogP contribution < -0.4 is 0 Å². The highest BCUT2D eigenvalue weighted by molar-refractivity contribution is 7.91. The van der Waals surface area contributed by atoms with Crippen molar-refractivity contribution in [3.63, 3.8) is 0 Å². The lowest BCUT2D eigenvalue weighted by atomic mass is 10.0. The Kier molecular flexibility index (Phi) is 3.71. The number of aromatic nitrogens is 1. The highest BCUT2D eigenvalue weighted by Gasteiger charge is 2.31. The molecule has 1 aliphatic heterocycles. The van der Waals surface area contributed by atoms with Gasteiger partial charge in [0.1, 0.15) is 4.21 Å². The lowest BCUT2D eigenvalue weighted by Crippen LogP contribution is -2.35. The first kappa shape index (κ1) is 16.3. The van der Waals surface area contributed by atoms with Gasteiger partial charge in [-0.2, -0.15) is 4.31 Å². The van der Waals surface area contributed by atoms with Crippen molar-refractivity contribution in [1.29, 1.82) is 0 Å². The molecular weight excluding hydrogens is 360 g/mol. The van der Waals surface area contributed by atoms with E-state index in [9.17, 15) is 18.3 Å². The number of aryl methyl sites for hydroxylation is 1. The predicted molar refractivity (Wildman–Crippen MR) is 95.6 cm³/mol. The number of aromatic carboxylic acids is 1. The maximum Gasteiger partial charge on any atom is 0.335 e. The van der Waals surface area contributed by atoms with Gasteiger partial charge < -0.3 is 10.1 Å². The van der Waals surface area contributed by atoms with Gasteiger partial charge in [0, 0.05) is 41.0 Å². The summed E-state index contributed by atoms with van der Waals surface area (Å²) in [5.74, 6) is -0.994. The van der Waals surface area contributed by atoms with Crippen LogP contribution in [-0.4, -0.2) is 35.3 Å². The maximum atomic E-state index is 12.9. The molecule has 1 aliphatic rings. The van der Waals surface area contributed by atoms with E-state index in [1.807, 2.05) is 6.92 Å². The Balaban J connectivity index is 1.76. The third kappa shape index (κ3) is 2.66. The number of aromatic amines is 1. The predicted octanol–water partition coefficient (Wildman–Crippen LogP) is 2.98. The molecule has 0 aliphatic carbocycles. The normalized spacial score (nSPS) is 15.4. The fourth-order valence-corrected chi connectivity index (χ4v) is 6.05. The average molecular weight is 376 g/mol. The number of benzene rings is 1. The van der Waals surface area contributed by atoms with Gasteiger partial charge in [0.2, 0.25) is 0 Å². The largest absolute Gasteiger partial charge is 0.478 e. The van der Waals surface area contributed by atoms with Crippen LogP contribution in [0, 0.1) is 6.92 Å². The van der Waals surface area contributed by atoms with E-state index in [0.717, 1.165) is 27.0 Å². The third-order valence-electron chi connectivity index (χ3n) is 4.50. The minimum absolute atomic E-state index is 0.197. The van der Waals surface area contributed by atoms with Crippen LogP contribution >= 0.6 is 11.3 Å². The fourth-order valence-electron chi connectivity index (χ4n) is 3.21. The SMILES string of the molecule is Cc1ccc(S(=O)(=O)N2CCc3[nH]c4ccc(C(=O)O)cc4c3C2)s1. The zero-order chi connectivity index (χ0) is 17.8. The van der Waals surface area contributed by atoms with Crippen molar-refractivity contribution in [2.45, 2.75) is 24.1 Å². The number of carbonyl (C=O) groups is 1. The molecule has 130 valence electrons. The number of hydrogen-bond donors (Lipinski definition) is 2. The summed E-state index contributed by atoms with van der Waals surface area (Å²) in [6.45, 7) is 2.54. The highest BCUT2D eigenvalue weighted by atomic mass is 32.2. The summed E-state index contributed by atoms with van der Waals surface area (Å²) in [4.78, 5) is 15.5. The van der Waals surface area contributed by atoms with Gasteiger partial charge in [-0.1, -0.05) is 0 Å². The van der Waals surface area contributed by atoms with Crippen molar-refractivity contribution in [2.75, 3.05) is 6.54 Å². The van der Waals surface area contributed by atoms with E-state index in [4.69, 9.17) is 0 Å². The van der Waals surface area contributed by atoms with Crippen LogP contribution in [0.25, 0.3) is 10.9 Å². The van der Waals surface area contributed by atoms with Gasteiger partial charge in [-0.15, -0.1) is 11.3 Å². The van der Waals surface area contributed by atoms with Gasteiger partial charge in [0.05, 0.1) is 5.56 Å². The Hall–Kier alpha value is -2.16. The zero-order valence-electron chi connectivity index (χ0n) is 13.4. The van der Waals surface area contributed by atoms with Crippen molar-refractivity contribution in [3.8, 4) is 0 Å². The molecule has 25 heavy (non-hydrogen) atoms. The second kappa shape index (κ2) is 5.69. The minimum atomic E-state index is -3.54. The smallest absolute Gasteiger partial charge is 0.335 e. The molecule has 3 aromatic rings. The molecule has 2 N–H and O–H groups in total. The first-order valence-electron chi connectivity index (χ1n) is 7.79. The third-order valence-corrected chi connectivity index (χ3v) is 7.81. The highest BCUT2D eigenvalue weighted by Crippen LogP contribution is 2.32. The van der Waals surface area contributed by atoms with Crippen LogP contribution in [0.3, 0.4) is 0 Å². The Morgan fingerprint density at radius 2 is 2.08 bits per heavy atom.